The highest BCUT2D eigenvalue weighted by Crippen LogP contribution is 2.51. The van der Waals surface area contributed by atoms with Gasteiger partial charge in [-0.15, -0.1) is 11.3 Å². The fourth-order valence-electron chi connectivity index (χ4n) is 10.5. The quantitative estimate of drug-likeness (QED) is 0.163. The van der Waals surface area contributed by atoms with Gasteiger partial charge in [-0.3, -0.25) is 0 Å². The summed E-state index contributed by atoms with van der Waals surface area (Å²) in [4.78, 5) is 2.42. The lowest BCUT2D eigenvalue weighted by Gasteiger charge is -2.28. The SMILES string of the molecule is CC1(C)c2ccccc2-c2ccc(N(c3ccc(-c4ccccc4)cc3)c3ccc(-n4c5cc6c(ccn6-c6ccccc6)cc5c5ccc6c7ccccc7sc6c54)cc3)cc21. The summed E-state index contributed by atoms with van der Waals surface area (Å²) in [5, 5.41) is 6.36. The van der Waals surface area contributed by atoms with Crippen LogP contribution in [0.25, 0.3) is 86.5 Å². The van der Waals surface area contributed by atoms with Crippen LogP contribution in [0.3, 0.4) is 0 Å². The second-order valence-electron chi connectivity index (χ2n) is 17.4. The van der Waals surface area contributed by atoms with Crippen molar-refractivity contribution in [3.8, 4) is 33.6 Å². The highest BCUT2D eigenvalue weighted by Gasteiger charge is 2.35. The van der Waals surface area contributed by atoms with Crippen LogP contribution in [0.15, 0.2) is 212 Å². The first-order valence-electron chi connectivity index (χ1n) is 21.7. The molecule has 63 heavy (non-hydrogen) atoms. The van der Waals surface area contributed by atoms with Crippen LogP contribution in [0.2, 0.25) is 0 Å². The summed E-state index contributed by atoms with van der Waals surface area (Å²) in [7, 11) is 0. The van der Waals surface area contributed by atoms with Gasteiger partial charge < -0.3 is 14.0 Å². The first kappa shape index (κ1) is 36.0. The van der Waals surface area contributed by atoms with Crippen LogP contribution >= 0.6 is 11.3 Å². The third-order valence-electron chi connectivity index (χ3n) is 13.5. The first-order chi connectivity index (χ1) is 31.0. The lowest BCUT2D eigenvalue weighted by Crippen LogP contribution is -2.16. The van der Waals surface area contributed by atoms with Gasteiger partial charge in [-0.25, -0.2) is 0 Å². The van der Waals surface area contributed by atoms with Crippen LogP contribution in [0.4, 0.5) is 17.1 Å². The number of hydrogen-bond acceptors (Lipinski definition) is 2. The van der Waals surface area contributed by atoms with Crippen LogP contribution in [0.1, 0.15) is 25.0 Å². The van der Waals surface area contributed by atoms with Crippen molar-refractivity contribution in [1.29, 1.82) is 0 Å². The van der Waals surface area contributed by atoms with Crippen LogP contribution in [-0.4, -0.2) is 9.13 Å². The Morgan fingerprint density at radius 1 is 0.444 bits per heavy atom. The molecule has 3 aromatic heterocycles. The predicted octanol–water partition coefficient (Wildman–Crippen LogP) is 16.5. The molecule has 0 spiro atoms. The molecule has 3 heterocycles. The molecule has 1 aliphatic rings. The molecule has 0 radical (unpaired) electrons. The van der Waals surface area contributed by atoms with Crippen molar-refractivity contribution in [3.05, 3.63) is 224 Å². The molecule has 0 N–H and O–H groups in total. The van der Waals surface area contributed by atoms with E-state index >= 15 is 0 Å². The minimum atomic E-state index is -0.116. The minimum absolute atomic E-state index is 0.116. The Morgan fingerprint density at radius 2 is 1.10 bits per heavy atom. The highest BCUT2D eigenvalue weighted by atomic mass is 32.1. The molecule has 0 amide bonds. The van der Waals surface area contributed by atoms with E-state index in [-0.39, 0.29) is 5.41 Å². The summed E-state index contributed by atoms with van der Waals surface area (Å²) >= 11 is 1.89. The summed E-state index contributed by atoms with van der Waals surface area (Å²) < 4.78 is 7.45. The topological polar surface area (TPSA) is 13.1 Å². The smallest absolute Gasteiger partial charge is 0.0719 e. The Labute approximate surface area is 370 Å². The van der Waals surface area contributed by atoms with E-state index in [1.807, 2.05) is 11.3 Å². The fraction of sp³-hybridized carbons (Fsp3) is 0.0508. The van der Waals surface area contributed by atoms with Gasteiger partial charge in [0.25, 0.3) is 0 Å². The van der Waals surface area contributed by atoms with Gasteiger partial charge in [0.05, 0.1) is 21.3 Å². The van der Waals surface area contributed by atoms with E-state index in [0.29, 0.717) is 0 Å². The maximum absolute atomic E-state index is 2.52. The number of nitrogens with zero attached hydrogens (tertiary/aromatic N) is 3. The predicted molar refractivity (Wildman–Crippen MR) is 268 cm³/mol. The number of aromatic nitrogens is 2. The van der Waals surface area contributed by atoms with Crippen molar-refractivity contribution in [2.45, 2.75) is 19.3 Å². The van der Waals surface area contributed by atoms with E-state index in [4.69, 9.17) is 0 Å². The third kappa shape index (κ3) is 5.45. The van der Waals surface area contributed by atoms with E-state index in [0.717, 1.165) is 28.4 Å². The second kappa shape index (κ2) is 13.7. The zero-order valence-corrected chi connectivity index (χ0v) is 35.8. The normalized spacial score (nSPS) is 13.0. The molecule has 4 heteroatoms. The zero-order valence-electron chi connectivity index (χ0n) is 35.0. The van der Waals surface area contributed by atoms with E-state index < -0.39 is 0 Å². The summed E-state index contributed by atoms with van der Waals surface area (Å²) in [6.07, 6.45) is 2.20. The van der Waals surface area contributed by atoms with Crippen LogP contribution < -0.4 is 4.90 Å². The van der Waals surface area contributed by atoms with Gasteiger partial charge in [0.1, 0.15) is 0 Å². The largest absolute Gasteiger partial charge is 0.316 e. The standard InChI is InChI=1S/C59H41N3S/c1-59(2)52-19-11-9-17-46(52)47-30-29-45(36-53(47)59)61(42-23-21-39(22-24-42)38-13-5-3-6-14-38)43-25-27-44(28-26-43)62-55-37-54-40(33-34-60(54)41-15-7-4-8-16-41)35-51(55)49-31-32-50-48-18-10-12-20-56(48)63-58(50)57(49)62/h3-37H,1-2H3. The maximum atomic E-state index is 2.52. The molecule has 0 unspecified atom stereocenters. The van der Waals surface area contributed by atoms with Crippen LogP contribution in [0.5, 0.6) is 0 Å². The highest BCUT2D eigenvalue weighted by molar-refractivity contribution is 7.26. The molecule has 0 saturated carbocycles. The Kier molecular flexibility index (Phi) is 7.82. The molecule has 12 aromatic rings. The lowest BCUT2D eigenvalue weighted by atomic mass is 9.82. The number of anilines is 3. The van der Waals surface area contributed by atoms with Gasteiger partial charge >= 0.3 is 0 Å². The molecule has 0 fully saturated rings. The summed E-state index contributed by atoms with van der Waals surface area (Å²) in [6.45, 7) is 4.72. The Bertz CT molecular complexity index is 3740. The Morgan fingerprint density at radius 3 is 1.90 bits per heavy atom. The van der Waals surface area contributed by atoms with Gasteiger partial charge in [-0.1, -0.05) is 135 Å². The average molecular weight is 824 g/mol. The third-order valence-corrected chi connectivity index (χ3v) is 14.7. The Hall–Kier alpha value is -7.66. The van der Waals surface area contributed by atoms with Gasteiger partial charge in [0.2, 0.25) is 0 Å². The van der Waals surface area contributed by atoms with Crippen molar-refractivity contribution in [1.82, 2.24) is 9.13 Å². The van der Waals surface area contributed by atoms with Crippen molar-refractivity contribution in [2.75, 3.05) is 4.90 Å². The molecule has 0 atom stereocenters. The molecule has 298 valence electrons. The number of para-hydroxylation sites is 1. The zero-order chi connectivity index (χ0) is 41.8. The van der Waals surface area contributed by atoms with Crippen LogP contribution in [0, 0.1) is 0 Å². The molecule has 13 rings (SSSR count). The summed E-state index contributed by atoms with van der Waals surface area (Å²) in [5.41, 5.74) is 17.0. The molecular weight excluding hydrogens is 783 g/mol. The molecular formula is C59H41N3S. The summed E-state index contributed by atoms with van der Waals surface area (Å²) in [5.74, 6) is 0. The molecule has 0 aliphatic heterocycles. The number of benzene rings is 9. The molecule has 1 aliphatic carbocycles. The average Bonchev–Trinajstić information content (AvgIpc) is 4.08. The number of thiophene rings is 1. The lowest BCUT2D eigenvalue weighted by molar-refractivity contribution is 0.660. The number of hydrogen-bond donors (Lipinski definition) is 0. The summed E-state index contributed by atoms with van der Waals surface area (Å²) in [6, 6.07) is 76.1. The van der Waals surface area contributed by atoms with Gasteiger partial charge in [0.15, 0.2) is 0 Å². The fourth-order valence-corrected chi connectivity index (χ4v) is 11.7. The Balaban J connectivity index is 1.01. The van der Waals surface area contributed by atoms with Crippen molar-refractivity contribution in [3.63, 3.8) is 0 Å². The molecule has 9 aromatic carbocycles. The number of rotatable bonds is 6. The van der Waals surface area contributed by atoms with E-state index in [1.165, 1.54) is 86.3 Å². The van der Waals surface area contributed by atoms with E-state index in [2.05, 4.69) is 240 Å². The first-order valence-corrected chi connectivity index (χ1v) is 22.6. The van der Waals surface area contributed by atoms with Gasteiger partial charge in [-0.05, 0) is 118 Å². The maximum Gasteiger partial charge on any atom is 0.0719 e. The molecule has 0 saturated heterocycles. The van der Waals surface area contributed by atoms with E-state index in [1.54, 1.807) is 0 Å². The van der Waals surface area contributed by atoms with Crippen LogP contribution in [-0.2, 0) is 5.41 Å². The van der Waals surface area contributed by atoms with Crippen molar-refractivity contribution >= 4 is 81.3 Å². The van der Waals surface area contributed by atoms with Crippen molar-refractivity contribution < 1.29 is 0 Å². The number of fused-ring (bicyclic) bond motifs is 11. The minimum Gasteiger partial charge on any atom is -0.316 e. The van der Waals surface area contributed by atoms with Gasteiger partial charge in [-0.2, -0.15) is 0 Å². The monoisotopic (exact) mass is 823 g/mol. The van der Waals surface area contributed by atoms with E-state index in [9.17, 15) is 0 Å². The molecule has 3 nitrogen and oxygen atoms in total. The second-order valence-corrected chi connectivity index (χ2v) is 18.4. The van der Waals surface area contributed by atoms with Gasteiger partial charge in [0, 0.05) is 71.7 Å². The van der Waals surface area contributed by atoms with Crippen molar-refractivity contribution in [2.24, 2.45) is 0 Å². The molecule has 0 bridgehead atoms.